The van der Waals surface area contributed by atoms with Crippen molar-refractivity contribution in [3.63, 3.8) is 0 Å². The fourth-order valence-electron chi connectivity index (χ4n) is 2.87. The van der Waals surface area contributed by atoms with Gasteiger partial charge in [-0.15, -0.1) is 11.3 Å². The molecule has 0 fully saturated rings. The Labute approximate surface area is 148 Å². The topological polar surface area (TPSA) is 62.0 Å². The van der Waals surface area contributed by atoms with Crippen LogP contribution in [0.1, 0.15) is 22.2 Å². The van der Waals surface area contributed by atoms with Gasteiger partial charge >= 0.3 is 0 Å². The molecular weight excluding hydrogens is 332 g/mol. The molecule has 0 saturated heterocycles. The number of carbonyl (C=O) groups excluding carboxylic acids is 1. The Morgan fingerprint density at radius 2 is 1.84 bits per heavy atom. The van der Waals surface area contributed by atoms with E-state index in [1.807, 2.05) is 48.5 Å². The molecule has 0 radical (unpaired) electrons. The second-order valence-corrected chi connectivity index (χ2v) is 6.91. The van der Waals surface area contributed by atoms with Gasteiger partial charge in [-0.05, 0) is 36.2 Å². The number of pyridine rings is 1. The smallest absolute Gasteiger partial charge is 0.265 e. The van der Waals surface area contributed by atoms with E-state index in [0.717, 1.165) is 27.7 Å². The van der Waals surface area contributed by atoms with Crippen molar-refractivity contribution < 1.29 is 4.79 Å². The predicted molar refractivity (Wildman–Crippen MR) is 104 cm³/mol. The fraction of sp³-hybridized carbons (Fsp3) is 0.100. The number of thiophene rings is 1. The standard InChI is InChI=1S/C20H16N2O2S/c1-2-12-7-9-13(10-8-12)21-20(24)17-11-15-18(25-17)14-5-3-4-6-16(14)22-19(15)23/h3-11H,2H2,1H3,(H,21,24)(H,22,23). The first-order valence-electron chi connectivity index (χ1n) is 8.10. The number of hydrogen-bond acceptors (Lipinski definition) is 3. The molecule has 5 heteroatoms. The first kappa shape index (κ1) is 15.6. The molecule has 1 amide bonds. The molecule has 0 atom stereocenters. The minimum atomic E-state index is -0.200. The highest BCUT2D eigenvalue weighted by atomic mass is 32.1. The Hall–Kier alpha value is -2.92. The highest BCUT2D eigenvalue weighted by molar-refractivity contribution is 7.21. The summed E-state index contributed by atoms with van der Waals surface area (Å²) in [7, 11) is 0. The Balaban J connectivity index is 1.73. The monoisotopic (exact) mass is 348 g/mol. The van der Waals surface area contributed by atoms with E-state index in [2.05, 4.69) is 17.2 Å². The first-order chi connectivity index (χ1) is 12.2. The zero-order valence-corrected chi connectivity index (χ0v) is 14.4. The van der Waals surface area contributed by atoms with E-state index in [1.54, 1.807) is 6.07 Å². The lowest BCUT2D eigenvalue weighted by atomic mass is 10.1. The van der Waals surface area contributed by atoms with Gasteiger partial charge < -0.3 is 10.3 Å². The normalized spacial score (nSPS) is 11.1. The quantitative estimate of drug-likeness (QED) is 0.570. The average Bonchev–Trinajstić information content (AvgIpc) is 3.09. The van der Waals surface area contributed by atoms with Crippen LogP contribution in [0.5, 0.6) is 0 Å². The molecule has 25 heavy (non-hydrogen) atoms. The van der Waals surface area contributed by atoms with Crippen LogP contribution in [0.25, 0.3) is 21.0 Å². The van der Waals surface area contributed by atoms with Crippen LogP contribution >= 0.6 is 11.3 Å². The Bertz CT molecular complexity index is 1140. The zero-order valence-electron chi connectivity index (χ0n) is 13.6. The maximum absolute atomic E-state index is 12.6. The minimum absolute atomic E-state index is 0.170. The van der Waals surface area contributed by atoms with Crippen LogP contribution in [-0.4, -0.2) is 10.9 Å². The molecule has 2 aromatic carbocycles. The molecule has 2 aromatic heterocycles. The third-order valence-electron chi connectivity index (χ3n) is 4.24. The van der Waals surface area contributed by atoms with Gasteiger partial charge in [0.1, 0.15) is 0 Å². The van der Waals surface area contributed by atoms with Gasteiger partial charge in [-0.3, -0.25) is 9.59 Å². The van der Waals surface area contributed by atoms with Crippen LogP contribution in [0.15, 0.2) is 59.4 Å². The fourth-order valence-corrected chi connectivity index (χ4v) is 3.96. The number of rotatable bonds is 3. The first-order valence-corrected chi connectivity index (χ1v) is 8.92. The molecule has 0 aliphatic carbocycles. The van der Waals surface area contributed by atoms with Gasteiger partial charge in [-0.25, -0.2) is 0 Å². The number of benzene rings is 2. The number of para-hydroxylation sites is 1. The SMILES string of the molecule is CCc1ccc(NC(=O)c2cc3c(=O)[nH]c4ccccc4c3s2)cc1. The number of aromatic amines is 1. The number of H-pyrrole nitrogens is 1. The van der Waals surface area contributed by atoms with E-state index in [-0.39, 0.29) is 11.5 Å². The van der Waals surface area contributed by atoms with Crippen molar-refractivity contribution in [1.82, 2.24) is 4.98 Å². The second-order valence-electron chi connectivity index (χ2n) is 5.86. The maximum atomic E-state index is 12.6. The van der Waals surface area contributed by atoms with Gasteiger partial charge in [0.05, 0.1) is 10.3 Å². The summed E-state index contributed by atoms with van der Waals surface area (Å²) in [6.07, 6.45) is 0.959. The lowest BCUT2D eigenvalue weighted by Crippen LogP contribution is -2.10. The number of carbonyl (C=O) groups is 1. The number of nitrogens with one attached hydrogen (secondary N) is 2. The van der Waals surface area contributed by atoms with E-state index in [0.29, 0.717) is 10.3 Å². The van der Waals surface area contributed by atoms with E-state index < -0.39 is 0 Å². The highest BCUT2D eigenvalue weighted by Gasteiger charge is 2.14. The van der Waals surface area contributed by atoms with E-state index in [1.165, 1.54) is 16.9 Å². The Morgan fingerprint density at radius 1 is 1.08 bits per heavy atom. The summed E-state index contributed by atoms with van der Waals surface area (Å²) in [5.74, 6) is -0.200. The van der Waals surface area contributed by atoms with Crippen molar-refractivity contribution in [2.75, 3.05) is 5.32 Å². The lowest BCUT2D eigenvalue weighted by Gasteiger charge is -2.04. The summed E-state index contributed by atoms with van der Waals surface area (Å²) in [5.41, 5.74) is 2.58. The Kier molecular flexibility index (Phi) is 3.86. The molecular formula is C20H16N2O2S. The number of anilines is 1. The molecule has 4 aromatic rings. The highest BCUT2D eigenvalue weighted by Crippen LogP contribution is 2.29. The van der Waals surface area contributed by atoms with Gasteiger partial charge in [0.15, 0.2) is 0 Å². The molecule has 0 saturated carbocycles. The second kappa shape index (κ2) is 6.18. The van der Waals surface area contributed by atoms with Crippen molar-refractivity contribution in [3.05, 3.63) is 75.4 Å². The molecule has 0 bridgehead atoms. The van der Waals surface area contributed by atoms with E-state index in [4.69, 9.17) is 0 Å². The minimum Gasteiger partial charge on any atom is -0.321 e. The number of amides is 1. The average molecular weight is 348 g/mol. The number of hydrogen-bond donors (Lipinski definition) is 2. The molecule has 2 N–H and O–H groups in total. The summed E-state index contributed by atoms with van der Waals surface area (Å²) in [6.45, 7) is 2.09. The third kappa shape index (κ3) is 2.83. The van der Waals surface area contributed by atoms with Crippen LogP contribution in [0, 0.1) is 0 Å². The van der Waals surface area contributed by atoms with Gasteiger partial charge in [-0.1, -0.05) is 37.3 Å². The van der Waals surface area contributed by atoms with E-state index in [9.17, 15) is 9.59 Å². The number of fused-ring (bicyclic) bond motifs is 3. The predicted octanol–water partition coefficient (Wildman–Crippen LogP) is 4.56. The third-order valence-corrected chi connectivity index (χ3v) is 5.41. The molecule has 0 unspecified atom stereocenters. The zero-order chi connectivity index (χ0) is 17.4. The van der Waals surface area contributed by atoms with Crippen LogP contribution in [0.4, 0.5) is 5.69 Å². The van der Waals surface area contributed by atoms with Crippen LogP contribution in [0.3, 0.4) is 0 Å². The van der Waals surface area contributed by atoms with Crippen molar-refractivity contribution in [2.24, 2.45) is 0 Å². The van der Waals surface area contributed by atoms with Crippen molar-refractivity contribution in [3.8, 4) is 0 Å². The molecule has 2 heterocycles. The van der Waals surface area contributed by atoms with Gasteiger partial charge in [0, 0.05) is 21.3 Å². The maximum Gasteiger partial charge on any atom is 0.265 e. The molecule has 4 rings (SSSR count). The van der Waals surface area contributed by atoms with Crippen molar-refractivity contribution in [1.29, 1.82) is 0 Å². The van der Waals surface area contributed by atoms with Crippen molar-refractivity contribution >= 4 is 43.9 Å². The van der Waals surface area contributed by atoms with Crippen LogP contribution in [0.2, 0.25) is 0 Å². The molecule has 0 aliphatic rings. The van der Waals surface area contributed by atoms with Gasteiger partial charge in [-0.2, -0.15) is 0 Å². The summed E-state index contributed by atoms with van der Waals surface area (Å²) < 4.78 is 0.839. The largest absolute Gasteiger partial charge is 0.321 e. The molecule has 0 aliphatic heterocycles. The van der Waals surface area contributed by atoms with E-state index >= 15 is 0 Å². The number of aromatic nitrogens is 1. The van der Waals surface area contributed by atoms with Crippen molar-refractivity contribution in [2.45, 2.75) is 13.3 Å². The van der Waals surface area contributed by atoms with Gasteiger partial charge in [0.2, 0.25) is 0 Å². The summed E-state index contributed by atoms with van der Waals surface area (Å²) in [4.78, 5) is 28.2. The van der Waals surface area contributed by atoms with Gasteiger partial charge in [0.25, 0.3) is 11.5 Å². The molecule has 0 spiro atoms. The molecule has 4 nitrogen and oxygen atoms in total. The molecule has 124 valence electrons. The lowest BCUT2D eigenvalue weighted by molar-refractivity contribution is 0.103. The Morgan fingerprint density at radius 3 is 2.60 bits per heavy atom. The number of aryl methyl sites for hydroxylation is 1. The summed E-state index contributed by atoms with van der Waals surface area (Å²) in [6, 6.07) is 17.1. The summed E-state index contributed by atoms with van der Waals surface area (Å²) >= 11 is 1.34. The van der Waals surface area contributed by atoms with Crippen LogP contribution in [-0.2, 0) is 6.42 Å². The van der Waals surface area contributed by atoms with Crippen LogP contribution < -0.4 is 10.9 Å². The summed E-state index contributed by atoms with van der Waals surface area (Å²) in [5, 5.41) is 4.40.